The second-order valence-corrected chi connectivity index (χ2v) is 6.41. The molecule has 28 heavy (non-hydrogen) atoms. The van der Waals surface area contributed by atoms with Crippen LogP contribution in [-0.4, -0.2) is 17.9 Å². The quantitative estimate of drug-likeness (QED) is 0.406. The summed E-state index contributed by atoms with van der Waals surface area (Å²) in [6.07, 6.45) is 0.0270. The van der Waals surface area contributed by atoms with E-state index in [0.717, 1.165) is 12.0 Å². The molecule has 1 atom stereocenters. The highest BCUT2D eigenvalue weighted by Crippen LogP contribution is 2.22. The zero-order valence-corrected chi connectivity index (χ0v) is 15.9. The summed E-state index contributed by atoms with van der Waals surface area (Å²) in [4.78, 5) is 25.0. The first-order valence-corrected chi connectivity index (χ1v) is 9.24. The second-order valence-electron chi connectivity index (χ2n) is 6.41. The van der Waals surface area contributed by atoms with Gasteiger partial charge in [0, 0.05) is 5.56 Å². The lowest BCUT2D eigenvalue weighted by Crippen LogP contribution is -2.24. The minimum absolute atomic E-state index is 0.229. The van der Waals surface area contributed by atoms with E-state index in [4.69, 9.17) is 9.47 Å². The van der Waals surface area contributed by atoms with Crippen molar-refractivity contribution in [3.63, 3.8) is 0 Å². The van der Waals surface area contributed by atoms with Crippen LogP contribution in [0.15, 0.2) is 78.9 Å². The van der Waals surface area contributed by atoms with Crippen LogP contribution >= 0.6 is 0 Å². The maximum absolute atomic E-state index is 12.5. The van der Waals surface area contributed by atoms with E-state index < -0.39 is 12.1 Å². The molecule has 3 aromatic rings. The Morgan fingerprint density at radius 1 is 0.821 bits per heavy atom. The molecule has 0 aliphatic rings. The predicted molar refractivity (Wildman–Crippen MR) is 108 cm³/mol. The van der Waals surface area contributed by atoms with Gasteiger partial charge in [-0.05, 0) is 49.2 Å². The Hall–Kier alpha value is -3.40. The maximum atomic E-state index is 12.5. The number of rotatable bonds is 7. The third-order valence-corrected chi connectivity index (χ3v) is 4.35. The largest absolute Gasteiger partial charge is 0.457 e. The standard InChI is InChI=1S/C24H22O4/c1-3-18-12-14-19(15-13-18)23(25)17(2)27-24(26)20-8-7-11-22(16-20)28-21-9-5-4-6-10-21/h4-17H,3H2,1-2H3/t17-/m1/s1. The van der Waals surface area contributed by atoms with Crippen LogP contribution < -0.4 is 4.74 Å². The van der Waals surface area contributed by atoms with E-state index in [1.807, 2.05) is 42.5 Å². The molecular weight excluding hydrogens is 352 g/mol. The molecule has 0 N–H and O–H groups in total. The summed E-state index contributed by atoms with van der Waals surface area (Å²) in [5.41, 5.74) is 2.00. The van der Waals surface area contributed by atoms with Crippen molar-refractivity contribution in [1.82, 2.24) is 0 Å². The lowest BCUT2D eigenvalue weighted by Gasteiger charge is -2.13. The SMILES string of the molecule is CCc1ccc(C(=O)[C@@H](C)OC(=O)c2cccc(Oc3ccccc3)c2)cc1. The Morgan fingerprint density at radius 3 is 2.18 bits per heavy atom. The van der Waals surface area contributed by atoms with Crippen LogP contribution in [0.3, 0.4) is 0 Å². The monoisotopic (exact) mass is 374 g/mol. The van der Waals surface area contributed by atoms with Crippen LogP contribution in [0.5, 0.6) is 11.5 Å². The van der Waals surface area contributed by atoms with Crippen molar-refractivity contribution in [2.75, 3.05) is 0 Å². The van der Waals surface area contributed by atoms with Gasteiger partial charge in [-0.15, -0.1) is 0 Å². The third kappa shape index (κ3) is 4.86. The van der Waals surface area contributed by atoms with E-state index in [2.05, 4.69) is 6.92 Å². The maximum Gasteiger partial charge on any atom is 0.338 e. The minimum atomic E-state index is -0.876. The Kier molecular flexibility index (Phi) is 6.22. The van der Waals surface area contributed by atoms with Gasteiger partial charge >= 0.3 is 5.97 Å². The van der Waals surface area contributed by atoms with Crippen molar-refractivity contribution in [2.24, 2.45) is 0 Å². The number of benzene rings is 3. The van der Waals surface area contributed by atoms with Crippen molar-refractivity contribution < 1.29 is 19.1 Å². The van der Waals surface area contributed by atoms with Gasteiger partial charge in [-0.2, -0.15) is 0 Å². The predicted octanol–water partition coefficient (Wildman–Crippen LogP) is 5.47. The summed E-state index contributed by atoms with van der Waals surface area (Å²) >= 11 is 0. The average Bonchev–Trinajstić information content (AvgIpc) is 2.74. The van der Waals surface area contributed by atoms with Gasteiger partial charge in [0.2, 0.25) is 5.78 Å². The zero-order chi connectivity index (χ0) is 19.9. The first-order valence-electron chi connectivity index (χ1n) is 9.24. The van der Waals surface area contributed by atoms with Crippen LogP contribution in [0.2, 0.25) is 0 Å². The van der Waals surface area contributed by atoms with Gasteiger partial charge in [-0.1, -0.05) is 55.5 Å². The molecule has 0 radical (unpaired) electrons. The molecule has 0 aromatic heterocycles. The topological polar surface area (TPSA) is 52.6 Å². The van der Waals surface area contributed by atoms with Crippen molar-refractivity contribution in [3.05, 3.63) is 95.6 Å². The van der Waals surface area contributed by atoms with Crippen molar-refractivity contribution in [1.29, 1.82) is 0 Å². The normalized spacial score (nSPS) is 11.5. The van der Waals surface area contributed by atoms with Gasteiger partial charge in [-0.25, -0.2) is 4.79 Å². The van der Waals surface area contributed by atoms with Crippen LogP contribution in [0, 0.1) is 0 Å². The molecule has 0 spiro atoms. The second kappa shape index (κ2) is 9.00. The van der Waals surface area contributed by atoms with E-state index in [9.17, 15) is 9.59 Å². The molecule has 142 valence electrons. The Morgan fingerprint density at radius 2 is 1.50 bits per heavy atom. The van der Waals surface area contributed by atoms with Gasteiger partial charge in [0.1, 0.15) is 11.5 Å². The fourth-order valence-corrected chi connectivity index (χ4v) is 2.73. The van der Waals surface area contributed by atoms with E-state index in [1.54, 1.807) is 43.3 Å². The fourth-order valence-electron chi connectivity index (χ4n) is 2.73. The number of hydrogen-bond acceptors (Lipinski definition) is 4. The van der Waals surface area contributed by atoms with E-state index in [-0.39, 0.29) is 5.78 Å². The Labute approximate surface area is 164 Å². The highest BCUT2D eigenvalue weighted by molar-refractivity contribution is 6.01. The summed E-state index contributed by atoms with van der Waals surface area (Å²) in [6.45, 7) is 3.63. The van der Waals surface area contributed by atoms with Gasteiger partial charge in [-0.3, -0.25) is 4.79 Å². The molecule has 0 unspecified atom stereocenters. The van der Waals surface area contributed by atoms with E-state index in [0.29, 0.717) is 22.6 Å². The summed E-state index contributed by atoms with van der Waals surface area (Å²) in [6, 6.07) is 23.3. The number of para-hydroxylation sites is 1. The summed E-state index contributed by atoms with van der Waals surface area (Å²) in [5.74, 6) is 0.402. The summed E-state index contributed by atoms with van der Waals surface area (Å²) < 4.78 is 11.1. The molecule has 0 saturated carbocycles. The summed E-state index contributed by atoms with van der Waals surface area (Å²) in [5, 5.41) is 0. The molecule has 0 bridgehead atoms. The van der Waals surface area contributed by atoms with Crippen LogP contribution in [0.25, 0.3) is 0 Å². The third-order valence-electron chi connectivity index (χ3n) is 4.35. The highest BCUT2D eigenvalue weighted by Gasteiger charge is 2.20. The van der Waals surface area contributed by atoms with Crippen molar-refractivity contribution >= 4 is 11.8 Å². The van der Waals surface area contributed by atoms with Gasteiger partial charge < -0.3 is 9.47 Å². The average molecular weight is 374 g/mol. The fraction of sp³-hybridized carbons (Fsp3) is 0.167. The van der Waals surface area contributed by atoms with Crippen molar-refractivity contribution in [2.45, 2.75) is 26.4 Å². The summed E-state index contributed by atoms with van der Waals surface area (Å²) in [7, 11) is 0. The number of hydrogen-bond donors (Lipinski definition) is 0. The smallest absolute Gasteiger partial charge is 0.338 e. The Balaban J connectivity index is 1.66. The van der Waals surface area contributed by atoms with Gasteiger partial charge in [0.05, 0.1) is 5.56 Å². The molecule has 4 nitrogen and oxygen atoms in total. The molecule has 0 aliphatic carbocycles. The molecule has 4 heteroatoms. The number of aryl methyl sites for hydroxylation is 1. The lowest BCUT2D eigenvalue weighted by molar-refractivity contribution is 0.0318. The molecule has 0 aliphatic heterocycles. The molecule has 0 fully saturated rings. The number of ether oxygens (including phenoxy) is 2. The highest BCUT2D eigenvalue weighted by atomic mass is 16.5. The zero-order valence-electron chi connectivity index (χ0n) is 15.9. The number of carbonyl (C=O) groups is 2. The van der Waals surface area contributed by atoms with Crippen LogP contribution in [0.1, 0.15) is 40.1 Å². The minimum Gasteiger partial charge on any atom is -0.457 e. The lowest BCUT2D eigenvalue weighted by atomic mass is 10.0. The molecular formula is C24H22O4. The van der Waals surface area contributed by atoms with Gasteiger partial charge in [0.15, 0.2) is 6.10 Å². The van der Waals surface area contributed by atoms with Crippen LogP contribution in [-0.2, 0) is 11.2 Å². The molecule has 3 rings (SSSR count). The van der Waals surface area contributed by atoms with Crippen molar-refractivity contribution in [3.8, 4) is 11.5 Å². The van der Waals surface area contributed by atoms with Gasteiger partial charge in [0.25, 0.3) is 0 Å². The van der Waals surface area contributed by atoms with E-state index in [1.165, 1.54) is 0 Å². The number of esters is 1. The molecule has 0 amide bonds. The Bertz CT molecular complexity index is 946. The number of carbonyl (C=O) groups excluding carboxylic acids is 2. The molecule has 0 heterocycles. The first kappa shape index (κ1) is 19.4. The number of ketones is 1. The van der Waals surface area contributed by atoms with E-state index >= 15 is 0 Å². The number of Topliss-reactive ketones (excluding diaryl/α,β-unsaturated/α-hetero) is 1. The first-order chi connectivity index (χ1) is 13.6. The molecule has 3 aromatic carbocycles. The van der Waals surface area contributed by atoms with Crippen LogP contribution in [0.4, 0.5) is 0 Å². The molecule has 0 saturated heterocycles.